The normalized spacial score (nSPS) is 10.4. The van der Waals surface area contributed by atoms with Gasteiger partial charge in [0.25, 0.3) is 0 Å². The number of aliphatic hydroxyl groups is 1. The number of aliphatic hydroxyl groups excluding tert-OH is 1. The zero-order chi connectivity index (χ0) is 13.0. The summed E-state index contributed by atoms with van der Waals surface area (Å²) in [5.41, 5.74) is 3.20. The Bertz CT molecular complexity index is 543. The molecule has 0 saturated heterocycles. The van der Waals surface area contributed by atoms with Crippen molar-refractivity contribution in [3.8, 4) is 0 Å². The molecule has 0 radical (unpaired) electrons. The van der Waals surface area contributed by atoms with E-state index in [9.17, 15) is 0 Å². The fourth-order valence-electron chi connectivity index (χ4n) is 1.67. The molecular weight excluding hydrogens is 292 g/mol. The minimum Gasteiger partial charge on any atom is -0.392 e. The summed E-state index contributed by atoms with van der Waals surface area (Å²) in [6, 6.07) is 9.87. The average Bonchev–Trinajstić information content (AvgIpc) is 2.40. The van der Waals surface area contributed by atoms with Gasteiger partial charge in [-0.25, -0.2) is 4.98 Å². The number of halogens is 1. The molecule has 0 unspecified atom stereocenters. The topological polar surface area (TPSA) is 45.1 Å². The van der Waals surface area contributed by atoms with Crippen molar-refractivity contribution in [2.24, 2.45) is 0 Å². The van der Waals surface area contributed by atoms with Gasteiger partial charge >= 0.3 is 0 Å². The lowest BCUT2D eigenvalue weighted by molar-refractivity contribution is 0.281. The van der Waals surface area contributed by atoms with Crippen LogP contribution in [0, 0.1) is 6.92 Å². The van der Waals surface area contributed by atoms with Gasteiger partial charge in [0.2, 0.25) is 0 Å². The van der Waals surface area contributed by atoms with Crippen LogP contribution in [0.5, 0.6) is 0 Å². The van der Waals surface area contributed by atoms with E-state index in [-0.39, 0.29) is 6.61 Å². The summed E-state index contributed by atoms with van der Waals surface area (Å²) in [7, 11) is 0. The van der Waals surface area contributed by atoms with E-state index >= 15 is 0 Å². The van der Waals surface area contributed by atoms with Gasteiger partial charge in [0.1, 0.15) is 5.82 Å². The first-order valence-corrected chi connectivity index (χ1v) is 6.53. The number of hydrogen-bond donors (Lipinski definition) is 2. The quantitative estimate of drug-likeness (QED) is 0.911. The van der Waals surface area contributed by atoms with Gasteiger partial charge in [0, 0.05) is 17.2 Å². The zero-order valence-electron chi connectivity index (χ0n) is 10.2. The van der Waals surface area contributed by atoms with E-state index in [0.717, 1.165) is 27.0 Å². The summed E-state index contributed by atoms with van der Waals surface area (Å²) in [6.45, 7) is 2.80. The van der Waals surface area contributed by atoms with Crippen LogP contribution < -0.4 is 5.32 Å². The van der Waals surface area contributed by atoms with Crippen LogP contribution in [-0.2, 0) is 13.2 Å². The largest absolute Gasteiger partial charge is 0.392 e. The van der Waals surface area contributed by atoms with E-state index in [1.54, 1.807) is 6.20 Å². The molecule has 2 aromatic rings. The van der Waals surface area contributed by atoms with Crippen LogP contribution in [0.3, 0.4) is 0 Å². The van der Waals surface area contributed by atoms with Crippen LogP contribution in [0.2, 0.25) is 0 Å². The molecule has 1 aromatic carbocycles. The molecule has 0 spiro atoms. The molecule has 1 aromatic heterocycles. The Morgan fingerprint density at radius 1 is 1.28 bits per heavy atom. The molecular formula is C14H15BrN2O. The molecule has 3 nitrogen and oxygen atoms in total. The predicted molar refractivity (Wildman–Crippen MR) is 76.4 cm³/mol. The van der Waals surface area contributed by atoms with Crippen LogP contribution in [0.15, 0.2) is 41.0 Å². The second kappa shape index (κ2) is 5.98. The average molecular weight is 307 g/mol. The standard InChI is InChI=1S/C14H15BrN2O/c1-10-5-14(17-8-13(10)15)16-7-11-3-2-4-12(6-11)9-18/h2-6,8,18H,7,9H2,1H3,(H,16,17). The van der Waals surface area contributed by atoms with E-state index in [0.29, 0.717) is 6.54 Å². The van der Waals surface area contributed by atoms with Crippen molar-refractivity contribution in [2.75, 3.05) is 5.32 Å². The van der Waals surface area contributed by atoms with E-state index in [4.69, 9.17) is 5.11 Å². The Hall–Kier alpha value is -1.39. The van der Waals surface area contributed by atoms with Crippen molar-refractivity contribution in [2.45, 2.75) is 20.1 Å². The summed E-state index contributed by atoms with van der Waals surface area (Å²) in [4.78, 5) is 4.29. The summed E-state index contributed by atoms with van der Waals surface area (Å²) < 4.78 is 1.01. The number of aromatic nitrogens is 1. The van der Waals surface area contributed by atoms with Gasteiger partial charge in [-0.05, 0) is 45.6 Å². The number of nitrogens with one attached hydrogen (secondary N) is 1. The molecule has 0 bridgehead atoms. The first-order valence-electron chi connectivity index (χ1n) is 5.74. The second-order valence-electron chi connectivity index (χ2n) is 4.15. The third-order valence-corrected chi connectivity index (χ3v) is 3.52. The van der Waals surface area contributed by atoms with Gasteiger partial charge < -0.3 is 10.4 Å². The molecule has 4 heteroatoms. The monoisotopic (exact) mass is 306 g/mol. The maximum absolute atomic E-state index is 9.08. The van der Waals surface area contributed by atoms with Crippen LogP contribution >= 0.6 is 15.9 Å². The minimum absolute atomic E-state index is 0.0729. The number of aryl methyl sites for hydroxylation is 1. The lowest BCUT2D eigenvalue weighted by Gasteiger charge is -2.08. The van der Waals surface area contributed by atoms with Gasteiger partial charge in [-0.2, -0.15) is 0 Å². The molecule has 0 amide bonds. The second-order valence-corrected chi connectivity index (χ2v) is 5.00. The SMILES string of the molecule is Cc1cc(NCc2cccc(CO)c2)ncc1Br. The van der Waals surface area contributed by atoms with Crippen LogP contribution in [-0.4, -0.2) is 10.1 Å². The van der Waals surface area contributed by atoms with Crippen LogP contribution in [0.25, 0.3) is 0 Å². The Kier molecular flexibility index (Phi) is 4.33. The molecule has 18 heavy (non-hydrogen) atoms. The highest BCUT2D eigenvalue weighted by atomic mass is 79.9. The predicted octanol–water partition coefficient (Wildman–Crippen LogP) is 3.26. The Balaban J connectivity index is 2.04. The van der Waals surface area contributed by atoms with E-state index in [1.165, 1.54) is 0 Å². The van der Waals surface area contributed by atoms with Gasteiger partial charge in [-0.3, -0.25) is 0 Å². The highest BCUT2D eigenvalue weighted by Crippen LogP contribution is 2.17. The molecule has 0 atom stereocenters. The number of anilines is 1. The first-order chi connectivity index (χ1) is 8.69. The van der Waals surface area contributed by atoms with Crippen molar-refractivity contribution < 1.29 is 5.11 Å². The summed E-state index contributed by atoms with van der Waals surface area (Å²) >= 11 is 3.43. The molecule has 0 aliphatic heterocycles. The lowest BCUT2D eigenvalue weighted by atomic mass is 10.1. The lowest BCUT2D eigenvalue weighted by Crippen LogP contribution is -2.02. The van der Waals surface area contributed by atoms with Crippen LogP contribution in [0.4, 0.5) is 5.82 Å². The highest BCUT2D eigenvalue weighted by molar-refractivity contribution is 9.10. The van der Waals surface area contributed by atoms with Gasteiger partial charge in [-0.1, -0.05) is 24.3 Å². The summed E-state index contributed by atoms with van der Waals surface area (Å²) in [5.74, 6) is 0.852. The van der Waals surface area contributed by atoms with Crippen LogP contribution in [0.1, 0.15) is 16.7 Å². The summed E-state index contributed by atoms with van der Waals surface area (Å²) in [5, 5.41) is 12.3. The maximum atomic E-state index is 9.08. The molecule has 94 valence electrons. The minimum atomic E-state index is 0.0729. The van der Waals surface area contributed by atoms with Crippen molar-refractivity contribution in [1.82, 2.24) is 4.98 Å². The zero-order valence-corrected chi connectivity index (χ0v) is 11.7. The van der Waals surface area contributed by atoms with Crippen molar-refractivity contribution >= 4 is 21.7 Å². The third kappa shape index (κ3) is 3.31. The van der Waals surface area contributed by atoms with E-state index in [2.05, 4.69) is 26.2 Å². The van der Waals surface area contributed by atoms with Gasteiger partial charge in [-0.15, -0.1) is 0 Å². The molecule has 1 heterocycles. The van der Waals surface area contributed by atoms with E-state index in [1.807, 2.05) is 37.3 Å². The molecule has 0 aliphatic carbocycles. The van der Waals surface area contributed by atoms with Crippen molar-refractivity contribution in [1.29, 1.82) is 0 Å². The fraction of sp³-hybridized carbons (Fsp3) is 0.214. The first kappa shape index (κ1) is 13.1. The smallest absolute Gasteiger partial charge is 0.126 e. The number of rotatable bonds is 4. The summed E-state index contributed by atoms with van der Waals surface area (Å²) in [6.07, 6.45) is 1.79. The number of nitrogens with zero attached hydrogens (tertiary/aromatic N) is 1. The Labute approximate surface area is 115 Å². The molecule has 2 rings (SSSR count). The number of hydrogen-bond acceptors (Lipinski definition) is 3. The molecule has 0 saturated carbocycles. The number of pyridine rings is 1. The van der Waals surface area contributed by atoms with Gasteiger partial charge in [0.05, 0.1) is 6.61 Å². The van der Waals surface area contributed by atoms with E-state index < -0.39 is 0 Å². The fourth-order valence-corrected chi connectivity index (χ4v) is 1.88. The van der Waals surface area contributed by atoms with Crippen molar-refractivity contribution in [3.05, 3.63) is 57.7 Å². The number of benzene rings is 1. The third-order valence-electron chi connectivity index (χ3n) is 2.69. The molecule has 0 fully saturated rings. The Morgan fingerprint density at radius 3 is 2.78 bits per heavy atom. The Morgan fingerprint density at radius 2 is 2.06 bits per heavy atom. The molecule has 2 N–H and O–H groups in total. The molecule has 0 aliphatic rings. The maximum Gasteiger partial charge on any atom is 0.126 e. The van der Waals surface area contributed by atoms with Gasteiger partial charge in [0.15, 0.2) is 0 Å². The van der Waals surface area contributed by atoms with Crippen molar-refractivity contribution in [3.63, 3.8) is 0 Å². The highest BCUT2D eigenvalue weighted by Gasteiger charge is 1.99.